The van der Waals surface area contributed by atoms with Gasteiger partial charge in [0.2, 0.25) is 0 Å². The van der Waals surface area contributed by atoms with Crippen LogP contribution in [-0.4, -0.2) is 46.0 Å². The molecule has 1 heterocycles. The number of halogens is 2. The summed E-state index contributed by atoms with van der Waals surface area (Å²) in [6, 6.07) is 20.4. The summed E-state index contributed by atoms with van der Waals surface area (Å²) in [5, 5.41) is 21.0. The van der Waals surface area contributed by atoms with E-state index in [1.54, 1.807) is 34.9 Å². The van der Waals surface area contributed by atoms with Crippen LogP contribution in [0.1, 0.15) is 54.5 Å². The third kappa shape index (κ3) is 7.86. The molecule has 0 saturated heterocycles. The summed E-state index contributed by atoms with van der Waals surface area (Å²) >= 11 is 0. The number of aromatic nitrogens is 1. The summed E-state index contributed by atoms with van der Waals surface area (Å²) in [5.41, 5.74) is 3.57. The fourth-order valence-electron chi connectivity index (χ4n) is 5.02. The van der Waals surface area contributed by atoms with Crippen LogP contribution in [0.5, 0.6) is 0 Å². The van der Waals surface area contributed by atoms with E-state index in [0.29, 0.717) is 27.9 Å². The van der Waals surface area contributed by atoms with Crippen molar-refractivity contribution in [3.63, 3.8) is 0 Å². The average molecular weight is 604 g/mol. The lowest BCUT2D eigenvalue weighted by molar-refractivity contribution is -0.143. The van der Waals surface area contributed by atoms with Crippen molar-refractivity contribution < 1.29 is 38.1 Å². The Morgan fingerprint density at radius 2 is 1.43 bits per heavy atom. The van der Waals surface area contributed by atoms with Crippen molar-refractivity contribution in [2.24, 2.45) is 0 Å². The minimum Gasteiger partial charge on any atom is -0.469 e. The van der Waals surface area contributed by atoms with E-state index in [9.17, 15) is 28.6 Å². The van der Waals surface area contributed by atoms with Gasteiger partial charge in [0.1, 0.15) is 23.9 Å². The van der Waals surface area contributed by atoms with Crippen molar-refractivity contribution >= 4 is 18.0 Å². The second kappa shape index (κ2) is 14.7. The number of hydrogen-bond acceptors (Lipinski definition) is 6. The number of benzene rings is 3. The third-order valence-corrected chi connectivity index (χ3v) is 7.05. The maximum absolute atomic E-state index is 14.0. The van der Waals surface area contributed by atoms with Crippen molar-refractivity contribution in [3.05, 3.63) is 114 Å². The first-order valence-electron chi connectivity index (χ1n) is 14.2. The molecule has 0 unspecified atom stereocenters. The lowest BCUT2D eigenvalue weighted by Gasteiger charge is -2.17. The molecule has 0 aliphatic heterocycles. The molecule has 0 fully saturated rings. The molecule has 2 N–H and O–H groups in total. The number of carbonyl (C=O) groups is 2. The molecule has 3 aromatic carbocycles. The molecular weight excluding hydrogens is 568 g/mol. The zero-order valence-corrected chi connectivity index (χ0v) is 24.7. The van der Waals surface area contributed by atoms with E-state index in [1.807, 2.05) is 44.2 Å². The van der Waals surface area contributed by atoms with E-state index in [1.165, 1.54) is 37.5 Å². The topological polar surface area (TPSA) is 98.0 Å². The van der Waals surface area contributed by atoms with Gasteiger partial charge < -0.3 is 24.3 Å². The number of esters is 2. The van der Waals surface area contributed by atoms with Crippen LogP contribution in [0.4, 0.5) is 8.78 Å². The van der Waals surface area contributed by atoms with Crippen LogP contribution in [0, 0.1) is 11.6 Å². The number of methoxy groups -OCH3 is 1. The molecule has 4 rings (SSSR count). The molecule has 0 amide bonds. The number of rotatable bonds is 12. The molecule has 7 nitrogen and oxygen atoms in total. The van der Waals surface area contributed by atoms with Crippen LogP contribution < -0.4 is 0 Å². The molecule has 9 heteroatoms. The molecular formula is C35H35F2NO6. The minimum absolute atomic E-state index is 0.0135. The van der Waals surface area contributed by atoms with Crippen LogP contribution >= 0.6 is 0 Å². The Morgan fingerprint density at radius 3 is 1.98 bits per heavy atom. The van der Waals surface area contributed by atoms with Gasteiger partial charge in [-0.3, -0.25) is 4.79 Å². The highest BCUT2D eigenvalue weighted by molar-refractivity contribution is 6.04. The van der Waals surface area contributed by atoms with Gasteiger partial charge in [-0.25, -0.2) is 13.6 Å². The lowest BCUT2D eigenvalue weighted by Crippen LogP contribution is -2.20. The van der Waals surface area contributed by atoms with Crippen LogP contribution in [0.3, 0.4) is 0 Å². The molecule has 0 aliphatic rings. The smallest absolute Gasteiger partial charge is 0.355 e. The van der Waals surface area contributed by atoms with Crippen molar-refractivity contribution in [2.75, 3.05) is 7.11 Å². The maximum Gasteiger partial charge on any atom is 0.355 e. The van der Waals surface area contributed by atoms with E-state index >= 15 is 0 Å². The molecule has 0 bridgehead atoms. The predicted molar refractivity (Wildman–Crippen MR) is 163 cm³/mol. The van der Waals surface area contributed by atoms with Gasteiger partial charge in [-0.15, -0.1) is 0 Å². The predicted octanol–water partition coefficient (Wildman–Crippen LogP) is 6.73. The molecule has 0 saturated carbocycles. The van der Waals surface area contributed by atoms with Crippen LogP contribution in [-0.2, 0) is 20.9 Å². The standard InChI is InChI=1S/C35H35F2NO6/c1-22(2)38-30(18-17-28(39)19-29(40)20-31(41)43-3)32(24-9-13-26(36)14-10-24)33(25-11-15-27(37)16-12-25)34(38)35(42)44-21-23-7-5-4-6-8-23/h4-18,22,28-29,39-40H,19-21H2,1-3H3/t28-,29-/m1/s1. The third-order valence-electron chi connectivity index (χ3n) is 7.05. The summed E-state index contributed by atoms with van der Waals surface area (Å²) in [4.78, 5) is 25.5. The normalized spacial score (nSPS) is 12.8. The van der Waals surface area contributed by atoms with Crippen LogP contribution in [0.15, 0.2) is 84.9 Å². The molecule has 0 aliphatic carbocycles. The molecule has 1 aromatic heterocycles. The Labute approximate surface area is 255 Å². The van der Waals surface area contributed by atoms with Gasteiger partial charge >= 0.3 is 11.9 Å². The lowest BCUT2D eigenvalue weighted by atomic mass is 9.94. The Hall–Kier alpha value is -4.60. The highest BCUT2D eigenvalue weighted by Crippen LogP contribution is 2.43. The van der Waals surface area contributed by atoms with E-state index in [2.05, 4.69) is 4.74 Å². The summed E-state index contributed by atoms with van der Waals surface area (Å²) in [5.74, 6) is -2.14. The van der Waals surface area contributed by atoms with Crippen molar-refractivity contribution in [3.8, 4) is 22.3 Å². The zero-order chi connectivity index (χ0) is 31.8. The summed E-state index contributed by atoms with van der Waals surface area (Å²) in [7, 11) is 1.21. The maximum atomic E-state index is 14.0. The SMILES string of the molecule is COC(=O)C[C@H](O)C[C@H](O)C=Cc1c(-c2ccc(F)cc2)c(-c2ccc(F)cc2)c(C(=O)OCc2ccccc2)n1C(C)C. The van der Waals surface area contributed by atoms with Gasteiger partial charge in [-0.1, -0.05) is 60.7 Å². The number of ether oxygens (including phenoxy) is 2. The largest absolute Gasteiger partial charge is 0.469 e. The van der Waals surface area contributed by atoms with Crippen molar-refractivity contribution in [1.82, 2.24) is 4.57 Å². The first-order valence-corrected chi connectivity index (χ1v) is 14.2. The quantitative estimate of drug-likeness (QED) is 0.174. The zero-order valence-electron chi connectivity index (χ0n) is 24.7. The van der Waals surface area contributed by atoms with Gasteiger partial charge in [0.25, 0.3) is 0 Å². The van der Waals surface area contributed by atoms with Gasteiger partial charge in [0.15, 0.2) is 0 Å². The number of hydrogen-bond donors (Lipinski definition) is 2. The van der Waals surface area contributed by atoms with Gasteiger partial charge in [0.05, 0.1) is 25.7 Å². The molecule has 230 valence electrons. The van der Waals surface area contributed by atoms with E-state index in [-0.39, 0.29) is 31.2 Å². The molecule has 2 atom stereocenters. The van der Waals surface area contributed by atoms with Crippen molar-refractivity contribution in [1.29, 1.82) is 0 Å². The minimum atomic E-state index is -1.16. The number of nitrogens with zero attached hydrogens (tertiary/aromatic N) is 1. The van der Waals surface area contributed by atoms with E-state index in [4.69, 9.17) is 4.74 Å². The van der Waals surface area contributed by atoms with Crippen LogP contribution in [0.2, 0.25) is 0 Å². The first-order chi connectivity index (χ1) is 21.1. The molecule has 4 aromatic rings. The number of aliphatic hydroxyl groups is 2. The van der Waals surface area contributed by atoms with Gasteiger partial charge in [-0.2, -0.15) is 0 Å². The van der Waals surface area contributed by atoms with Crippen molar-refractivity contribution in [2.45, 2.75) is 51.5 Å². The number of aliphatic hydroxyl groups excluding tert-OH is 2. The highest BCUT2D eigenvalue weighted by Gasteiger charge is 2.30. The van der Waals surface area contributed by atoms with E-state index in [0.717, 1.165) is 5.56 Å². The van der Waals surface area contributed by atoms with Gasteiger partial charge in [-0.05, 0) is 60.9 Å². The van der Waals surface area contributed by atoms with Gasteiger partial charge in [0, 0.05) is 29.3 Å². The van der Waals surface area contributed by atoms with Crippen LogP contribution in [0.25, 0.3) is 28.3 Å². The van der Waals surface area contributed by atoms with E-state index < -0.39 is 35.8 Å². The number of carbonyl (C=O) groups excluding carboxylic acids is 2. The molecule has 44 heavy (non-hydrogen) atoms. The summed E-state index contributed by atoms with van der Waals surface area (Å²) in [6.07, 6.45) is 0.348. The molecule has 0 spiro atoms. The molecule has 0 radical (unpaired) electrons. The average Bonchev–Trinajstić information content (AvgIpc) is 3.35. The Kier molecular flexibility index (Phi) is 10.8. The Morgan fingerprint density at radius 1 is 0.864 bits per heavy atom. The fraction of sp³-hybridized carbons (Fsp3) is 0.257. The Bertz CT molecular complexity index is 1600. The monoisotopic (exact) mass is 603 g/mol. The second-order valence-corrected chi connectivity index (χ2v) is 10.6. The first kappa shape index (κ1) is 32.3. The second-order valence-electron chi connectivity index (χ2n) is 10.6. The summed E-state index contributed by atoms with van der Waals surface area (Å²) < 4.78 is 40.2. The highest BCUT2D eigenvalue weighted by atomic mass is 19.1. The summed E-state index contributed by atoms with van der Waals surface area (Å²) in [6.45, 7) is 3.77. The Balaban J connectivity index is 1.90. The fourth-order valence-corrected chi connectivity index (χ4v) is 5.02.